The van der Waals surface area contributed by atoms with Gasteiger partial charge in [-0.3, -0.25) is 4.57 Å². The summed E-state index contributed by atoms with van der Waals surface area (Å²) in [6.07, 6.45) is 1.01. The van der Waals surface area contributed by atoms with E-state index in [1.54, 1.807) is 0 Å². The normalized spacial score (nSPS) is 12.3. The zero-order chi connectivity index (χ0) is 12.1. The molecule has 0 amide bonds. The molecule has 0 saturated heterocycles. The van der Waals surface area contributed by atoms with E-state index in [4.69, 9.17) is 4.89 Å². The van der Waals surface area contributed by atoms with Crippen molar-refractivity contribution in [1.82, 2.24) is 0 Å². The highest BCUT2D eigenvalue weighted by Crippen LogP contribution is 2.25. The second kappa shape index (κ2) is 5.81. The van der Waals surface area contributed by atoms with Gasteiger partial charge in [-0.2, -0.15) is 0 Å². The third-order valence-corrected chi connectivity index (χ3v) is 3.39. The average molecular weight is 246 g/mol. The molecule has 2 nitrogen and oxygen atoms in total. The third-order valence-electron chi connectivity index (χ3n) is 2.71. The van der Waals surface area contributed by atoms with Crippen LogP contribution in [0.1, 0.15) is 5.56 Å². The molecule has 2 aromatic rings. The van der Waals surface area contributed by atoms with Crippen LogP contribution in [0.2, 0.25) is 0 Å². The summed E-state index contributed by atoms with van der Waals surface area (Å²) in [5.74, 6) is 0. The van der Waals surface area contributed by atoms with Gasteiger partial charge < -0.3 is 4.89 Å². The Labute approximate surface area is 102 Å². The average Bonchev–Trinajstić information content (AvgIpc) is 2.38. The molecule has 1 atom stereocenters. The molecule has 1 N–H and O–H groups in total. The van der Waals surface area contributed by atoms with E-state index < -0.39 is 8.03 Å². The molecule has 2 aromatic carbocycles. The first-order valence-electron chi connectivity index (χ1n) is 5.62. The van der Waals surface area contributed by atoms with E-state index in [1.165, 1.54) is 0 Å². The van der Waals surface area contributed by atoms with Crippen molar-refractivity contribution >= 4 is 8.03 Å². The molecule has 0 saturated carbocycles. The van der Waals surface area contributed by atoms with E-state index in [0.717, 1.165) is 16.7 Å². The Balaban J connectivity index is 2.31. The summed E-state index contributed by atoms with van der Waals surface area (Å²) in [5.41, 5.74) is 3.43. The lowest BCUT2D eigenvalue weighted by Gasteiger charge is -2.08. The zero-order valence-electron chi connectivity index (χ0n) is 9.47. The van der Waals surface area contributed by atoms with Crippen molar-refractivity contribution in [3.05, 3.63) is 60.2 Å². The summed E-state index contributed by atoms with van der Waals surface area (Å²) in [6, 6.07) is 18.1. The lowest BCUT2D eigenvalue weighted by Crippen LogP contribution is -1.92. The van der Waals surface area contributed by atoms with Crippen LogP contribution in [0.5, 0.6) is 0 Å². The van der Waals surface area contributed by atoms with Gasteiger partial charge >= 0.3 is 0 Å². The Morgan fingerprint density at radius 2 is 1.59 bits per heavy atom. The van der Waals surface area contributed by atoms with Crippen molar-refractivity contribution in [2.45, 2.75) is 6.42 Å². The molecule has 0 radical (unpaired) electrons. The van der Waals surface area contributed by atoms with Crippen LogP contribution in [0, 0.1) is 0 Å². The van der Waals surface area contributed by atoms with Gasteiger partial charge in [-0.15, -0.1) is 0 Å². The van der Waals surface area contributed by atoms with Crippen molar-refractivity contribution in [1.29, 1.82) is 0 Å². The second-order valence-corrected chi connectivity index (χ2v) is 5.20. The van der Waals surface area contributed by atoms with Gasteiger partial charge in [0.1, 0.15) is 0 Å². The Morgan fingerprint density at radius 3 is 2.29 bits per heavy atom. The first kappa shape index (κ1) is 12.1. The molecule has 0 aliphatic carbocycles. The van der Waals surface area contributed by atoms with Crippen molar-refractivity contribution in [2.24, 2.45) is 0 Å². The summed E-state index contributed by atoms with van der Waals surface area (Å²) in [5, 5.41) is 0. The van der Waals surface area contributed by atoms with E-state index in [9.17, 15) is 4.57 Å². The van der Waals surface area contributed by atoms with Gasteiger partial charge in [-0.1, -0.05) is 54.6 Å². The van der Waals surface area contributed by atoms with Gasteiger partial charge in [-0.25, -0.2) is 0 Å². The molecule has 0 fully saturated rings. The monoisotopic (exact) mass is 246 g/mol. The van der Waals surface area contributed by atoms with Gasteiger partial charge in [0.15, 0.2) is 8.03 Å². The summed E-state index contributed by atoms with van der Waals surface area (Å²) >= 11 is 0. The summed E-state index contributed by atoms with van der Waals surface area (Å²) in [4.78, 5) is 8.92. The summed E-state index contributed by atoms with van der Waals surface area (Å²) in [6.45, 7) is 0. The van der Waals surface area contributed by atoms with Crippen LogP contribution in [-0.2, 0) is 11.0 Å². The van der Waals surface area contributed by atoms with Crippen molar-refractivity contribution < 1.29 is 9.46 Å². The highest BCUT2D eigenvalue weighted by Gasteiger charge is 2.04. The maximum absolute atomic E-state index is 10.8. The Kier molecular flexibility index (Phi) is 4.13. The van der Waals surface area contributed by atoms with Crippen LogP contribution in [0.25, 0.3) is 11.1 Å². The summed E-state index contributed by atoms with van der Waals surface area (Å²) < 4.78 is 10.8. The van der Waals surface area contributed by atoms with E-state index in [2.05, 4.69) is 18.2 Å². The lowest BCUT2D eigenvalue weighted by atomic mass is 9.98. The molecular weight excluding hydrogens is 231 g/mol. The molecule has 0 aromatic heterocycles. The van der Waals surface area contributed by atoms with E-state index in [0.29, 0.717) is 12.6 Å². The fourth-order valence-corrected chi connectivity index (χ4v) is 2.36. The van der Waals surface area contributed by atoms with Crippen LogP contribution < -0.4 is 0 Å². The summed E-state index contributed by atoms with van der Waals surface area (Å²) in [7, 11) is -2.38. The fourth-order valence-electron chi connectivity index (χ4n) is 1.88. The predicted octanol–water partition coefficient (Wildman–Crippen LogP) is 3.36. The van der Waals surface area contributed by atoms with Crippen LogP contribution >= 0.6 is 8.03 Å². The van der Waals surface area contributed by atoms with Crippen molar-refractivity contribution in [3.63, 3.8) is 0 Å². The molecule has 2 rings (SSSR count). The molecule has 0 bridgehead atoms. The predicted molar refractivity (Wildman–Crippen MR) is 71.7 cm³/mol. The number of hydrogen-bond donors (Lipinski definition) is 1. The van der Waals surface area contributed by atoms with E-state index >= 15 is 0 Å². The zero-order valence-corrected chi connectivity index (χ0v) is 10.5. The number of aryl methyl sites for hydroxylation is 1. The lowest BCUT2D eigenvalue weighted by molar-refractivity contribution is 0.502. The van der Waals surface area contributed by atoms with Gasteiger partial charge in [-0.05, 0) is 23.1 Å². The van der Waals surface area contributed by atoms with E-state index in [-0.39, 0.29) is 0 Å². The quantitative estimate of drug-likeness (QED) is 0.840. The Bertz CT molecular complexity index is 509. The molecule has 17 heavy (non-hydrogen) atoms. The third kappa shape index (κ3) is 3.29. The first-order valence-corrected chi connectivity index (χ1v) is 7.19. The molecule has 0 aliphatic rings. The molecular formula is C14H15O2P. The molecule has 0 heterocycles. The number of benzene rings is 2. The second-order valence-electron chi connectivity index (χ2n) is 3.92. The van der Waals surface area contributed by atoms with Crippen molar-refractivity contribution in [3.8, 4) is 11.1 Å². The van der Waals surface area contributed by atoms with E-state index in [1.807, 2.05) is 36.4 Å². The van der Waals surface area contributed by atoms with Gasteiger partial charge in [0.25, 0.3) is 0 Å². The largest absolute Gasteiger partial charge is 0.346 e. The number of hydrogen-bond acceptors (Lipinski definition) is 1. The highest BCUT2D eigenvalue weighted by molar-refractivity contribution is 7.37. The topological polar surface area (TPSA) is 37.3 Å². The minimum atomic E-state index is -2.38. The van der Waals surface area contributed by atoms with Gasteiger partial charge in [0, 0.05) is 6.16 Å². The van der Waals surface area contributed by atoms with Crippen LogP contribution in [-0.4, -0.2) is 11.1 Å². The Morgan fingerprint density at radius 1 is 0.941 bits per heavy atom. The minimum absolute atomic E-state index is 0.356. The molecule has 1 unspecified atom stereocenters. The van der Waals surface area contributed by atoms with Gasteiger partial charge in [0.05, 0.1) is 0 Å². The maximum Gasteiger partial charge on any atom is 0.189 e. The van der Waals surface area contributed by atoms with Crippen LogP contribution in [0.3, 0.4) is 0 Å². The molecule has 0 spiro atoms. The molecule has 88 valence electrons. The smallest absolute Gasteiger partial charge is 0.189 e. The molecule has 3 heteroatoms. The standard InChI is InChI=1S/C14H15O2P/c15-17(16)11-10-13-8-4-5-9-14(13)12-6-2-1-3-7-12/h1-9,17H,10-11H2,(H,15,16). The SMILES string of the molecule is O=[PH](O)CCc1ccccc1-c1ccccc1. The van der Waals surface area contributed by atoms with Crippen LogP contribution in [0.4, 0.5) is 0 Å². The molecule has 0 aliphatic heterocycles. The fraction of sp³-hybridized carbons (Fsp3) is 0.143. The number of rotatable bonds is 4. The minimum Gasteiger partial charge on any atom is -0.346 e. The first-order chi connectivity index (χ1) is 8.27. The highest BCUT2D eigenvalue weighted by atomic mass is 31.1. The maximum atomic E-state index is 10.8. The van der Waals surface area contributed by atoms with Crippen molar-refractivity contribution in [2.75, 3.05) is 6.16 Å². The van der Waals surface area contributed by atoms with Crippen LogP contribution in [0.15, 0.2) is 54.6 Å². The van der Waals surface area contributed by atoms with Gasteiger partial charge in [0.2, 0.25) is 0 Å². The Hall–Kier alpha value is -1.37.